The molecule has 0 saturated carbocycles. The number of hydrogen-bond donors (Lipinski definition) is 0. The predicted molar refractivity (Wildman–Crippen MR) is 100 cm³/mol. The molecule has 2 atom stereocenters. The summed E-state index contributed by atoms with van der Waals surface area (Å²) < 4.78 is 5.96. The first-order valence-corrected chi connectivity index (χ1v) is 8.89. The van der Waals surface area contributed by atoms with Gasteiger partial charge >= 0.3 is 0 Å². The summed E-state index contributed by atoms with van der Waals surface area (Å²) >= 11 is 0. The number of likely N-dealkylation sites (tertiary alicyclic amines) is 1. The molecule has 0 aromatic heterocycles. The van der Waals surface area contributed by atoms with Gasteiger partial charge in [0.15, 0.2) is 0 Å². The standard InChI is InChI=1S/C22H26N2O/c1-22(2,3)24-14-19(13-23)21(15-24)18-10-7-11-20(12-18)25-16-17-8-5-4-6-9-17/h4-12,19,21H,14-16H2,1-3H3/t19-,21+/m0/s1. The minimum atomic E-state index is 0.0311. The number of nitrogens with zero attached hydrogens (tertiary/aromatic N) is 2. The lowest BCUT2D eigenvalue weighted by molar-refractivity contribution is 0.170. The Balaban J connectivity index is 1.73. The van der Waals surface area contributed by atoms with Crippen LogP contribution < -0.4 is 4.74 Å². The van der Waals surface area contributed by atoms with Gasteiger partial charge in [0.05, 0.1) is 12.0 Å². The van der Waals surface area contributed by atoms with Crippen molar-refractivity contribution in [2.75, 3.05) is 13.1 Å². The molecule has 0 bridgehead atoms. The number of nitriles is 1. The summed E-state index contributed by atoms with van der Waals surface area (Å²) in [5.74, 6) is 1.14. The molecule has 3 rings (SSSR count). The number of hydrogen-bond acceptors (Lipinski definition) is 3. The molecule has 0 aliphatic carbocycles. The molecule has 3 nitrogen and oxygen atoms in total. The quantitative estimate of drug-likeness (QED) is 0.819. The smallest absolute Gasteiger partial charge is 0.120 e. The SMILES string of the molecule is CC(C)(C)N1C[C@H](c2cccc(OCc3ccccc3)c2)[C@@H](C#N)C1. The Morgan fingerprint density at radius 2 is 1.84 bits per heavy atom. The van der Waals surface area contributed by atoms with E-state index in [1.54, 1.807) is 0 Å². The van der Waals surface area contributed by atoms with E-state index < -0.39 is 0 Å². The van der Waals surface area contributed by atoms with Crippen LogP contribution in [-0.2, 0) is 6.61 Å². The van der Waals surface area contributed by atoms with Gasteiger partial charge < -0.3 is 4.74 Å². The third-order valence-corrected chi connectivity index (χ3v) is 4.97. The molecule has 25 heavy (non-hydrogen) atoms. The lowest BCUT2D eigenvalue weighted by atomic mass is 9.90. The van der Waals surface area contributed by atoms with Crippen LogP contribution in [0, 0.1) is 17.2 Å². The van der Waals surface area contributed by atoms with Gasteiger partial charge in [-0.15, -0.1) is 0 Å². The molecular formula is C22H26N2O. The summed E-state index contributed by atoms with van der Waals surface area (Å²) in [6.07, 6.45) is 0. The van der Waals surface area contributed by atoms with Crippen LogP contribution in [0.2, 0.25) is 0 Å². The molecule has 0 spiro atoms. The Kier molecular flexibility index (Phi) is 5.11. The highest BCUT2D eigenvalue weighted by Gasteiger charge is 2.38. The van der Waals surface area contributed by atoms with Crippen LogP contribution >= 0.6 is 0 Å². The van der Waals surface area contributed by atoms with Crippen LogP contribution in [0.15, 0.2) is 54.6 Å². The van der Waals surface area contributed by atoms with E-state index in [9.17, 15) is 5.26 Å². The maximum absolute atomic E-state index is 9.59. The first kappa shape index (κ1) is 17.5. The Labute approximate surface area is 150 Å². The summed E-state index contributed by atoms with van der Waals surface area (Å²) in [4.78, 5) is 2.41. The van der Waals surface area contributed by atoms with E-state index >= 15 is 0 Å². The lowest BCUT2D eigenvalue weighted by Gasteiger charge is -2.31. The summed E-state index contributed by atoms with van der Waals surface area (Å²) in [5.41, 5.74) is 2.44. The monoisotopic (exact) mass is 334 g/mol. The zero-order valence-corrected chi connectivity index (χ0v) is 15.3. The van der Waals surface area contributed by atoms with Crippen molar-refractivity contribution in [1.82, 2.24) is 4.90 Å². The lowest BCUT2D eigenvalue weighted by Crippen LogP contribution is -2.39. The normalized spacial score (nSPS) is 21.0. The highest BCUT2D eigenvalue weighted by Crippen LogP contribution is 2.36. The molecule has 3 heteroatoms. The van der Waals surface area contributed by atoms with Crippen LogP contribution in [0.3, 0.4) is 0 Å². The van der Waals surface area contributed by atoms with Gasteiger partial charge in [-0.2, -0.15) is 5.26 Å². The average Bonchev–Trinajstić information content (AvgIpc) is 3.06. The van der Waals surface area contributed by atoms with E-state index in [4.69, 9.17) is 4.74 Å². The van der Waals surface area contributed by atoms with Crippen molar-refractivity contribution < 1.29 is 4.74 Å². The molecule has 1 aliphatic heterocycles. The fourth-order valence-electron chi connectivity index (χ4n) is 3.40. The van der Waals surface area contributed by atoms with E-state index in [1.807, 2.05) is 30.3 Å². The van der Waals surface area contributed by atoms with Crippen molar-refractivity contribution in [3.05, 3.63) is 65.7 Å². The minimum absolute atomic E-state index is 0.0311. The Hall–Kier alpha value is -2.31. The molecule has 0 unspecified atom stereocenters. The van der Waals surface area contributed by atoms with Gasteiger partial charge in [-0.3, -0.25) is 4.90 Å². The van der Waals surface area contributed by atoms with Crippen molar-refractivity contribution in [3.63, 3.8) is 0 Å². The van der Waals surface area contributed by atoms with Gasteiger partial charge in [0.1, 0.15) is 12.4 Å². The van der Waals surface area contributed by atoms with E-state index in [2.05, 4.69) is 56.0 Å². The Morgan fingerprint density at radius 3 is 2.52 bits per heavy atom. The zero-order valence-electron chi connectivity index (χ0n) is 15.3. The first-order valence-electron chi connectivity index (χ1n) is 8.89. The molecule has 2 aromatic rings. The van der Waals surface area contributed by atoms with Crippen LogP contribution in [0.25, 0.3) is 0 Å². The number of rotatable bonds is 4. The molecule has 1 heterocycles. The molecule has 2 aromatic carbocycles. The number of benzene rings is 2. The van der Waals surface area contributed by atoms with Crippen molar-refractivity contribution in [1.29, 1.82) is 5.26 Å². The van der Waals surface area contributed by atoms with Crippen molar-refractivity contribution >= 4 is 0 Å². The van der Waals surface area contributed by atoms with Crippen LogP contribution in [-0.4, -0.2) is 23.5 Å². The van der Waals surface area contributed by atoms with Gasteiger partial charge in [0, 0.05) is 24.5 Å². The van der Waals surface area contributed by atoms with Crippen LogP contribution in [0.4, 0.5) is 0 Å². The minimum Gasteiger partial charge on any atom is -0.489 e. The second kappa shape index (κ2) is 7.29. The fraction of sp³-hybridized carbons (Fsp3) is 0.409. The maximum atomic E-state index is 9.59. The summed E-state index contributed by atoms with van der Waals surface area (Å²) in [6.45, 7) is 8.95. The average molecular weight is 334 g/mol. The van der Waals surface area contributed by atoms with Gasteiger partial charge in [-0.25, -0.2) is 0 Å². The Morgan fingerprint density at radius 1 is 1.08 bits per heavy atom. The largest absolute Gasteiger partial charge is 0.489 e. The molecular weight excluding hydrogens is 308 g/mol. The van der Waals surface area contributed by atoms with E-state index in [0.29, 0.717) is 6.61 Å². The molecule has 1 aliphatic rings. The molecule has 1 saturated heterocycles. The second-order valence-corrected chi connectivity index (χ2v) is 7.76. The van der Waals surface area contributed by atoms with Crippen molar-refractivity contribution in [2.45, 2.75) is 38.8 Å². The van der Waals surface area contributed by atoms with Crippen molar-refractivity contribution in [3.8, 4) is 11.8 Å². The highest BCUT2D eigenvalue weighted by molar-refractivity contribution is 5.33. The van der Waals surface area contributed by atoms with Crippen LogP contribution in [0.1, 0.15) is 37.8 Å². The summed E-state index contributed by atoms with van der Waals surface area (Å²) in [6, 6.07) is 20.9. The fourth-order valence-corrected chi connectivity index (χ4v) is 3.40. The number of ether oxygens (including phenoxy) is 1. The molecule has 0 amide bonds. The van der Waals surface area contributed by atoms with Crippen molar-refractivity contribution in [2.24, 2.45) is 5.92 Å². The third kappa shape index (κ3) is 4.21. The third-order valence-electron chi connectivity index (χ3n) is 4.97. The first-order chi connectivity index (χ1) is 12.0. The summed E-state index contributed by atoms with van der Waals surface area (Å²) in [5, 5.41) is 9.59. The molecule has 0 radical (unpaired) electrons. The van der Waals surface area contributed by atoms with Crippen LogP contribution in [0.5, 0.6) is 5.75 Å². The molecule has 0 N–H and O–H groups in total. The highest BCUT2D eigenvalue weighted by atomic mass is 16.5. The Bertz CT molecular complexity index is 743. The zero-order chi connectivity index (χ0) is 17.9. The summed E-state index contributed by atoms with van der Waals surface area (Å²) in [7, 11) is 0. The maximum Gasteiger partial charge on any atom is 0.120 e. The topological polar surface area (TPSA) is 36.3 Å². The van der Waals surface area contributed by atoms with Gasteiger partial charge in [0.25, 0.3) is 0 Å². The second-order valence-electron chi connectivity index (χ2n) is 7.76. The van der Waals surface area contributed by atoms with Gasteiger partial charge in [-0.05, 0) is 44.0 Å². The van der Waals surface area contributed by atoms with E-state index in [0.717, 1.165) is 24.4 Å². The van der Waals surface area contributed by atoms with Gasteiger partial charge in [-0.1, -0.05) is 42.5 Å². The molecule has 1 fully saturated rings. The predicted octanol–water partition coefficient (Wildman–Crippen LogP) is 4.60. The van der Waals surface area contributed by atoms with E-state index in [1.165, 1.54) is 5.56 Å². The molecule has 130 valence electrons. The van der Waals surface area contributed by atoms with Gasteiger partial charge in [0.2, 0.25) is 0 Å². The van der Waals surface area contributed by atoms with E-state index in [-0.39, 0.29) is 17.4 Å².